The summed E-state index contributed by atoms with van der Waals surface area (Å²) in [4.78, 5) is 98.8. The molecule has 2 aromatic carbocycles. The molecule has 1 aliphatic heterocycles. The van der Waals surface area contributed by atoms with Gasteiger partial charge in [-0.2, -0.15) is 0 Å². The molecule has 64 heavy (non-hydrogen) atoms. The smallest absolute Gasteiger partial charge is 0.407 e. The third-order valence-corrected chi connectivity index (χ3v) is 9.65. The molecule has 1 aliphatic rings. The Hall–Kier alpha value is -7.15. The van der Waals surface area contributed by atoms with Gasteiger partial charge in [0.05, 0.1) is 29.9 Å². The second-order valence-electron chi connectivity index (χ2n) is 16.1. The Kier molecular flexibility index (Phi) is 17.6. The number of carbonyl (C=O) groups is 7. The number of hydrogen-bond donors (Lipinski definition) is 5. The Morgan fingerprint density at radius 3 is 2.39 bits per heavy atom. The number of alkyl halides is 2. The number of halogens is 2. The quantitative estimate of drug-likeness (QED) is 0.0490. The second-order valence-corrected chi connectivity index (χ2v) is 16.1. The Bertz CT molecular complexity index is 2290. The number of hydrogen-bond acceptors (Lipinski definition) is 10. The third-order valence-electron chi connectivity index (χ3n) is 9.65. The van der Waals surface area contributed by atoms with Crippen LogP contribution in [0.5, 0.6) is 0 Å². The maximum Gasteiger partial charge on any atom is 0.407 e. The van der Waals surface area contributed by atoms with Crippen LogP contribution in [0.25, 0.3) is 15.7 Å². The molecule has 0 spiro atoms. The van der Waals surface area contributed by atoms with Gasteiger partial charge in [0.1, 0.15) is 30.7 Å². The summed E-state index contributed by atoms with van der Waals surface area (Å²) in [5, 5.41) is 13.1. The van der Waals surface area contributed by atoms with Gasteiger partial charge in [-0.05, 0) is 64.7 Å². The molecule has 0 radical (unpaired) electrons. The number of terminal acetylenes is 1. The molecule has 340 valence electrons. The summed E-state index contributed by atoms with van der Waals surface area (Å²) in [6, 6.07) is 10.9. The molecule has 5 N–H and O–H groups in total. The zero-order valence-corrected chi connectivity index (χ0v) is 36.1. The monoisotopic (exact) mass is 886 g/mol. The number of benzene rings is 2. The van der Waals surface area contributed by atoms with Crippen molar-refractivity contribution in [2.45, 2.75) is 109 Å². The molecule has 19 heteroatoms. The molecular formula is C45H52F2N8O9. The van der Waals surface area contributed by atoms with Gasteiger partial charge in [0, 0.05) is 37.4 Å². The number of ether oxygens (including phenoxy) is 2. The minimum atomic E-state index is -3.21. The van der Waals surface area contributed by atoms with Crippen molar-refractivity contribution in [3.8, 4) is 12.3 Å². The maximum absolute atomic E-state index is 13.8. The van der Waals surface area contributed by atoms with Gasteiger partial charge < -0.3 is 36.1 Å². The van der Waals surface area contributed by atoms with Crippen LogP contribution in [0.1, 0.15) is 87.2 Å². The summed E-state index contributed by atoms with van der Waals surface area (Å²) in [5.74, 6) is -5.22. The number of amides is 6. The molecule has 1 saturated heterocycles. The summed E-state index contributed by atoms with van der Waals surface area (Å²) in [6.07, 6.45) is 4.11. The zero-order valence-electron chi connectivity index (χ0n) is 36.1. The fourth-order valence-electron chi connectivity index (χ4n) is 6.47. The number of esters is 1. The normalized spacial score (nSPS) is 15.1. The number of para-hydroxylation sites is 1. The van der Waals surface area contributed by atoms with Crippen molar-refractivity contribution >= 4 is 58.2 Å². The first-order valence-electron chi connectivity index (χ1n) is 20.5. The number of carbonyl (C=O) groups excluding carboxylic acids is 7. The van der Waals surface area contributed by atoms with Gasteiger partial charge in [-0.1, -0.05) is 42.0 Å². The number of anilines is 1. The summed E-state index contributed by atoms with van der Waals surface area (Å²) < 4.78 is 38.5. The highest BCUT2D eigenvalue weighted by atomic mass is 19.3. The molecule has 1 fully saturated rings. The lowest BCUT2D eigenvalue weighted by molar-refractivity contribution is -0.149. The number of fused-ring (bicyclic) bond motifs is 1. The van der Waals surface area contributed by atoms with Gasteiger partial charge in [-0.3, -0.25) is 38.7 Å². The lowest BCUT2D eigenvalue weighted by atomic mass is 10.1. The van der Waals surface area contributed by atoms with Gasteiger partial charge in [0.25, 0.3) is 11.8 Å². The van der Waals surface area contributed by atoms with E-state index in [-0.39, 0.29) is 61.0 Å². The fourth-order valence-corrected chi connectivity index (χ4v) is 6.47. The first kappa shape index (κ1) is 49.5. The van der Waals surface area contributed by atoms with Gasteiger partial charge in [-0.25, -0.2) is 24.9 Å². The minimum absolute atomic E-state index is 0.0513. The number of aryl methyl sites for hydroxylation is 1. The Morgan fingerprint density at radius 2 is 1.70 bits per heavy atom. The van der Waals surface area contributed by atoms with Crippen LogP contribution >= 0.6 is 0 Å². The van der Waals surface area contributed by atoms with Crippen LogP contribution in [0.15, 0.2) is 54.7 Å². The topological polar surface area (TPSA) is 219 Å². The molecule has 3 aromatic rings. The number of nitrogens with zero attached hydrogens (tertiary/aromatic N) is 3. The molecule has 0 aliphatic carbocycles. The van der Waals surface area contributed by atoms with Gasteiger partial charge in [0.15, 0.2) is 0 Å². The average molecular weight is 887 g/mol. The number of likely N-dealkylation sites (tertiary alicyclic amines) is 1. The molecule has 6 amide bonds. The van der Waals surface area contributed by atoms with E-state index in [2.05, 4.69) is 42.3 Å². The van der Waals surface area contributed by atoms with Gasteiger partial charge >= 0.3 is 18.2 Å². The number of rotatable bonds is 19. The van der Waals surface area contributed by atoms with Crippen molar-refractivity contribution in [1.29, 1.82) is 0 Å². The van der Waals surface area contributed by atoms with Gasteiger partial charge in [0.2, 0.25) is 23.6 Å². The summed E-state index contributed by atoms with van der Waals surface area (Å²) >= 11 is 0. The third kappa shape index (κ3) is 15.3. The fraction of sp³-hybridized carbons (Fsp3) is 0.444. The van der Waals surface area contributed by atoms with Crippen molar-refractivity contribution in [1.82, 2.24) is 31.2 Å². The standard InChI is InChI=1S/C45H52F2N8O9/c1-7-11-33(41(60)54-34(13-8-9-22-50-43(62)64-44(3,4)5)42(61)63-26-29-17-15-28(2)16-18-29)53-37(57)20-19-36(56)52-32-14-10-12-30-31(21-23-49-39(30)32)40(59)51-25-38(58)55-27-45(46,47)24-35(55)48-6/h1,10,12,14-18,21,23,33-35H,8-9,11,13,19-20,22,24-27H2,2-5H3,(H,50,62)(H,51,59)(H,52,56)(H,53,57)(H,54,60)/t33-,34-,35-/m0/s1. The number of aromatic nitrogens is 1. The predicted molar refractivity (Wildman–Crippen MR) is 230 cm³/mol. The first-order chi connectivity index (χ1) is 30.3. The summed E-state index contributed by atoms with van der Waals surface area (Å²) in [6.45, 7) is 12.9. The Labute approximate surface area is 369 Å². The molecule has 17 nitrogen and oxygen atoms in total. The SMILES string of the molecule is [C-]#[N+][C@@H]1CC(F)(F)CN1C(=O)CNC(=O)c1ccnc2c(NC(=O)CCC(=O)N[C@@H](CC#C)C(=O)N[C@@H](CCCCNC(=O)OC(C)(C)C)C(=O)OCc3ccc(C)cc3)cccc12. The van der Waals surface area contributed by atoms with Crippen molar-refractivity contribution in [2.75, 3.05) is 25.0 Å². The Morgan fingerprint density at radius 1 is 0.984 bits per heavy atom. The van der Waals surface area contributed by atoms with Crippen LogP contribution in [-0.2, 0) is 40.1 Å². The van der Waals surface area contributed by atoms with Crippen LogP contribution < -0.4 is 26.6 Å². The van der Waals surface area contributed by atoms with E-state index in [1.165, 1.54) is 24.4 Å². The maximum atomic E-state index is 13.8. The van der Waals surface area contributed by atoms with E-state index in [0.717, 1.165) is 16.0 Å². The lowest BCUT2D eigenvalue weighted by Crippen LogP contribution is -2.51. The number of unbranched alkanes of at least 4 members (excludes halogenated alkanes) is 1. The van der Waals surface area contributed by atoms with E-state index in [1.807, 2.05) is 31.2 Å². The molecule has 1 aromatic heterocycles. The molecule has 0 saturated carbocycles. The van der Waals surface area contributed by atoms with Crippen molar-refractivity contribution in [2.24, 2.45) is 0 Å². The van der Waals surface area contributed by atoms with E-state index in [4.69, 9.17) is 22.5 Å². The average Bonchev–Trinajstić information content (AvgIpc) is 3.57. The largest absolute Gasteiger partial charge is 0.459 e. The van der Waals surface area contributed by atoms with Crippen LogP contribution in [0.2, 0.25) is 0 Å². The number of nitrogens with one attached hydrogen (secondary N) is 5. The van der Waals surface area contributed by atoms with Crippen LogP contribution in [0.4, 0.5) is 19.3 Å². The number of pyridine rings is 1. The first-order valence-corrected chi connectivity index (χ1v) is 20.5. The zero-order chi connectivity index (χ0) is 47.0. The molecule has 3 atom stereocenters. The minimum Gasteiger partial charge on any atom is -0.459 e. The van der Waals surface area contributed by atoms with E-state index < -0.39 is 90.9 Å². The molecule has 0 unspecified atom stereocenters. The van der Waals surface area contributed by atoms with Crippen molar-refractivity contribution < 1.29 is 51.8 Å². The van der Waals surface area contributed by atoms with E-state index in [9.17, 15) is 42.3 Å². The second kappa shape index (κ2) is 22.8. The molecule has 0 bridgehead atoms. The Balaban J connectivity index is 1.33. The number of alkyl carbamates (subject to hydrolysis) is 1. The van der Waals surface area contributed by atoms with Crippen LogP contribution in [-0.4, -0.2) is 101 Å². The predicted octanol–water partition coefficient (Wildman–Crippen LogP) is 4.54. The van der Waals surface area contributed by atoms with Crippen molar-refractivity contribution in [3.63, 3.8) is 0 Å². The van der Waals surface area contributed by atoms with Gasteiger partial charge in [-0.15, -0.1) is 12.3 Å². The van der Waals surface area contributed by atoms with E-state index >= 15 is 0 Å². The van der Waals surface area contributed by atoms with E-state index in [1.54, 1.807) is 26.8 Å². The van der Waals surface area contributed by atoms with E-state index in [0.29, 0.717) is 12.8 Å². The van der Waals surface area contributed by atoms with Crippen LogP contribution in [0.3, 0.4) is 0 Å². The van der Waals surface area contributed by atoms with Crippen molar-refractivity contribution in [3.05, 3.63) is 82.8 Å². The highest BCUT2D eigenvalue weighted by Gasteiger charge is 2.50. The highest BCUT2D eigenvalue weighted by Crippen LogP contribution is 2.32. The molecule has 2 heterocycles. The lowest BCUT2D eigenvalue weighted by Gasteiger charge is -2.22. The highest BCUT2D eigenvalue weighted by molar-refractivity contribution is 6.11. The molecular weight excluding hydrogens is 835 g/mol. The molecule has 4 rings (SSSR count). The summed E-state index contributed by atoms with van der Waals surface area (Å²) in [5.41, 5.74) is 1.53. The summed E-state index contributed by atoms with van der Waals surface area (Å²) in [7, 11) is 0. The van der Waals surface area contributed by atoms with Crippen LogP contribution in [0, 0.1) is 25.8 Å².